The third-order valence-corrected chi connectivity index (χ3v) is 4.88. The molecule has 0 aromatic heterocycles. The second-order valence-electron chi connectivity index (χ2n) is 6.79. The van der Waals surface area contributed by atoms with Crippen molar-refractivity contribution in [3.05, 3.63) is 59.7 Å². The highest BCUT2D eigenvalue weighted by Crippen LogP contribution is 2.24. The first-order chi connectivity index (χ1) is 12.5. The Hall–Kier alpha value is -2.52. The molecule has 0 bridgehead atoms. The van der Waals surface area contributed by atoms with E-state index in [1.54, 1.807) is 17.0 Å². The first kappa shape index (κ1) is 20.8. The van der Waals surface area contributed by atoms with E-state index in [1.807, 2.05) is 17.6 Å². The van der Waals surface area contributed by atoms with Gasteiger partial charge in [-0.25, -0.2) is 17.2 Å². The van der Waals surface area contributed by atoms with Gasteiger partial charge < -0.3 is 4.74 Å². The lowest BCUT2D eigenvalue weighted by Crippen LogP contribution is -2.44. The highest BCUT2D eigenvalue weighted by atomic mass is 32.2. The zero-order valence-electron chi connectivity index (χ0n) is 15.0. The maximum atomic E-state index is 13.6. The van der Waals surface area contributed by atoms with Crippen LogP contribution in [0.4, 0.5) is 8.78 Å². The van der Waals surface area contributed by atoms with Crippen LogP contribution in [-0.2, 0) is 20.2 Å². The Morgan fingerprint density at radius 3 is 2.26 bits per heavy atom. The minimum absolute atomic E-state index is 0.0240. The zero-order chi connectivity index (χ0) is 20.2. The number of hydrogen-bond donors (Lipinski definition) is 2. The van der Waals surface area contributed by atoms with Crippen LogP contribution in [0.25, 0.3) is 0 Å². The predicted octanol–water partition coefficient (Wildman–Crippen LogP) is 2.65. The molecular formula is C18H20F2N2O4S. The van der Waals surface area contributed by atoms with Gasteiger partial charge in [0.05, 0.1) is 0 Å². The van der Waals surface area contributed by atoms with Crippen molar-refractivity contribution in [2.75, 3.05) is 6.61 Å². The van der Waals surface area contributed by atoms with Gasteiger partial charge in [0.15, 0.2) is 6.61 Å². The molecule has 2 rings (SSSR count). The van der Waals surface area contributed by atoms with Crippen LogP contribution in [0.5, 0.6) is 5.75 Å². The van der Waals surface area contributed by atoms with Gasteiger partial charge in [0.2, 0.25) is 0 Å². The largest absolute Gasteiger partial charge is 0.484 e. The molecule has 9 heteroatoms. The SMILES string of the molecule is CC(C)(C)c1ccc(OCC(=O)NNS(=O)(=O)c2ccc(F)cc2F)cc1. The summed E-state index contributed by atoms with van der Waals surface area (Å²) in [5, 5.41) is 0. The summed E-state index contributed by atoms with van der Waals surface area (Å²) in [6.45, 7) is 5.73. The first-order valence-corrected chi connectivity index (χ1v) is 9.46. The number of hydrazine groups is 1. The predicted molar refractivity (Wildman–Crippen MR) is 95.5 cm³/mol. The fourth-order valence-electron chi connectivity index (χ4n) is 2.11. The number of carbonyl (C=O) groups excluding carboxylic acids is 1. The maximum Gasteiger partial charge on any atom is 0.272 e. The summed E-state index contributed by atoms with van der Waals surface area (Å²) >= 11 is 0. The first-order valence-electron chi connectivity index (χ1n) is 7.98. The number of amides is 1. The van der Waals surface area contributed by atoms with Crippen molar-refractivity contribution < 1.29 is 26.7 Å². The summed E-state index contributed by atoms with van der Waals surface area (Å²) in [6.07, 6.45) is 0. The van der Waals surface area contributed by atoms with Crippen molar-refractivity contribution >= 4 is 15.9 Å². The lowest BCUT2D eigenvalue weighted by Gasteiger charge is -2.19. The van der Waals surface area contributed by atoms with Gasteiger partial charge in [-0.3, -0.25) is 10.2 Å². The van der Waals surface area contributed by atoms with E-state index in [0.717, 1.165) is 17.7 Å². The molecule has 0 saturated heterocycles. The van der Waals surface area contributed by atoms with E-state index < -0.39 is 39.1 Å². The third kappa shape index (κ3) is 5.73. The monoisotopic (exact) mass is 398 g/mol. The fourth-order valence-corrected chi connectivity index (χ4v) is 3.03. The summed E-state index contributed by atoms with van der Waals surface area (Å²) in [4.78, 5) is 12.7. The van der Waals surface area contributed by atoms with Crippen LogP contribution in [0.3, 0.4) is 0 Å². The molecule has 0 spiro atoms. The Kier molecular flexibility index (Phi) is 6.17. The van der Waals surface area contributed by atoms with E-state index in [1.165, 1.54) is 0 Å². The molecule has 0 saturated carbocycles. The van der Waals surface area contributed by atoms with E-state index in [2.05, 4.69) is 20.8 Å². The number of benzene rings is 2. The van der Waals surface area contributed by atoms with Gasteiger partial charge in [0.1, 0.15) is 22.3 Å². The molecule has 2 aromatic rings. The summed E-state index contributed by atoms with van der Waals surface area (Å²) in [7, 11) is -4.39. The van der Waals surface area contributed by atoms with E-state index in [0.29, 0.717) is 11.8 Å². The normalized spacial score (nSPS) is 11.9. The Balaban J connectivity index is 1.90. The van der Waals surface area contributed by atoms with Crippen LogP contribution in [0, 0.1) is 11.6 Å². The topological polar surface area (TPSA) is 84.5 Å². The van der Waals surface area contributed by atoms with Crippen molar-refractivity contribution in [2.45, 2.75) is 31.1 Å². The molecule has 0 aliphatic carbocycles. The van der Waals surface area contributed by atoms with E-state index >= 15 is 0 Å². The number of carbonyl (C=O) groups is 1. The lowest BCUT2D eigenvalue weighted by atomic mass is 9.87. The Labute approximate surface area is 156 Å². The summed E-state index contributed by atoms with van der Waals surface area (Å²) in [5.74, 6) is -2.54. The minimum Gasteiger partial charge on any atom is -0.484 e. The van der Waals surface area contributed by atoms with E-state index in [9.17, 15) is 22.0 Å². The highest BCUT2D eigenvalue weighted by Gasteiger charge is 2.20. The van der Waals surface area contributed by atoms with Crippen LogP contribution in [0.1, 0.15) is 26.3 Å². The van der Waals surface area contributed by atoms with Gasteiger partial charge in [-0.2, -0.15) is 0 Å². The summed E-state index contributed by atoms with van der Waals surface area (Å²) in [5.41, 5.74) is 2.97. The smallest absolute Gasteiger partial charge is 0.272 e. The number of rotatable bonds is 6. The van der Waals surface area contributed by atoms with Crippen LogP contribution in [0.2, 0.25) is 0 Å². The standard InChI is InChI=1S/C18H20F2N2O4S/c1-18(2,3)12-4-7-14(8-5-12)26-11-17(23)21-22-27(24,25)16-9-6-13(19)10-15(16)20/h4-10,22H,11H2,1-3H3,(H,21,23). The molecule has 0 atom stereocenters. The maximum absolute atomic E-state index is 13.6. The van der Waals surface area contributed by atoms with E-state index in [-0.39, 0.29) is 5.41 Å². The van der Waals surface area contributed by atoms with Gasteiger partial charge in [-0.1, -0.05) is 32.9 Å². The van der Waals surface area contributed by atoms with E-state index in [4.69, 9.17) is 4.74 Å². The van der Waals surface area contributed by atoms with Crippen molar-refractivity contribution in [3.8, 4) is 5.75 Å². The lowest BCUT2D eigenvalue weighted by molar-refractivity contribution is -0.123. The van der Waals surface area contributed by atoms with Crippen molar-refractivity contribution in [1.82, 2.24) is 10.3 Å². The molecular weight excluding hydrogens is 378 g/mol. The quantitative estimate of drug-likeness (QED) is 0.733. The Morgan fingerprint density at radius 2 is 1.70 bits per heavy atom. The molecule has 1 amide bonds. The molecule has 2 aromatic carbocycles. The minimum atomic E-state index is -4.39. The van der Waals surface area contributed by atoms with Crippen LogP contribution >= 0.6 is 0 Å². The fraction of sp³-hybridized carbons (Fsp3) is 0.278. The number of hydrogen-bond acceptors (Lipinski definition) is 4. The third-order valence-electron chi connectivity index (χ3n) is 3.60. The zero-order valence-corrected chi connectivity index (χ0v) is 15.9. The van der Waals surface area contributed by atoms with Gasteiger partial charge in [0, 0.05) is 6.07 Å². The molecule has 2 N–H and O–H groups in total. The van der Waals surface area contributed by atoms with Crippen molar-refractivity contribution in [2.24, 2.45) is 0 Å². The number of sulfonamides is 1. The highest BCUT2D eigenvalue weighted by molar-refractivity contribution is 7.89. The molecule has 0 heterocycles. The van der Waals surface area contributed by atoms with Crippen LogP contribution in [0.15, 0.2) is 47.4 Å². The van der Waals surface area contributed by atoms with Gasteiger partial charge >= 0.3 is 0 Å². The molecule has 0 fully saturated rings. The molecule has 6 nitrogen and oxygen atoms in total. The Bertz CT molecular complexity index is 923. The second-order valence-corrected chi connectivity index (χ2v) is 8.44. The van der Waals surface area contributed by atoms with Crippen LogP contribution in [-0.4, -0.2) is 20.9 Å². The molecule has 0 aliphatic rings. The average Bonchev–Trinajstić information content (AvgIpc) is 2.57. The average molecular weight is 398 g/mol. The molecule has 0 aliphatic heterocycles. The van der Waals surface area contributed by atoms with Crippen molar-refractivity contribution in [1.29, 1.82) is 0 Å². The summed E-state index contributed by atoms with van der Waals surface area (Å²) in [6, 6.07) is 9.12. The molecule has 146 valence electrons. The van der Waals surface area contributed by atoms with Crippen molar-refractivity contribution in [3.63, 3.8) is 0 Å². The molecule has 27 heavy (non-hydrogen) atoms. The van der Waals surface area contributed by atoms with Gasteiger partial charge in [-0.15, -0.1) is 4.83 Å². The summed E-state index contributed by atoms with van der Waals surface area (Å²) < 4.78 is 55.6. The number of ether oxygens (including phenoxy) is 1. The van der Waals surface area contributed by atoms with Crippen LogP contribution < -0.4 is 15.0 Å². The molecule has 0 radical (unpaired) electrons. The second kappa shape index (κ2) is 8.01. The van der Waals surface area contributed by atoms with Gasteiger partial charge in [0.25, 0.3) is 15.9 Å². The van der Waals surface area contributed by atoms with Gasteiger partial charge in [-0.05, 0) is 35.2 Å². The molecule has 0 unspecified atom stereocenters. The number of halogens is 2. The number of nitrogens with one attached hydrogen (secondary N) is 2. The Morgan fingerprint density at radius 1 is 1.07 bits per heavy atom.